The summed E-state index contributed by atoms with van der Waals surface area (Å²) in [6.45, 7) is 1.49. The lowest BCUT2D eigenvalue weighted by atomic mass is 10.1. The van der Waals surface area contributed by atoms with Gasteiger partial charge in [0.15, 0.2) is 6.61 Å². The minimum Gasteiger partial charge on any atom is -0.480 e. The molecule has 0 spiro atoms. The molecule has 0 saturated carbocycles. The van der Waals surface area contributed by atoms with E-state index in [0.717, 1.165) is 0 Å². The van der Waals surface area contributed by atoms with Crippen molar-refractivity contribution in [2.75, 3.05) is 13.2 Å². The molecule has 7 heteroatoms. The van der Waals surface area contributed by atoms with Crippen LogP contribution in [0.5, 0.6) is 11.5 Å². The van der Waals surface area contributed by atoms with Crippen LogP contribution in [0.15, 0.2) is 54.1 Å². The Bertz CT molecular complexity index is 901. The van der Waals surface area contributed by atoms with Crippen LogP contribution in [0.4, 0.5) is 0 Å². The van der Waals surface area contributed by atoms with Gasteiger partial charge >= 0.3 is 11.9 Å². The van der Waals surface area contributed by atoms with Crippen LogP contribution in [0.3, 0.4) is 0 Å². The Hall–Kier alpha value is -3.30. The monoisotopic (exact) mass is 385 g/mol. The molecule has 0 aromatic heterocycles. The van der Waals surface area contributed by atoms with Crippen molar-refractivity contribution in [3.8, 4) is 17.6 Å². The highest BCUT2D eigenvalue weighted by Gasteiger charge is 2.11. The van der Waals surface area contributed by atoms with Crippen LogP contribution in [0, 0.1) is 11.3 Å². The van der Waals surface area contributed by atoms with Crippen LogP contribution in [-0.4, -0.2) is 25.2 Å². The summed E-state index contributed by atoms with van der Waals surface area (Å²) >= 11 is 5.95. The molecule has 2 aromatic rings. The SMILES string of the molecule is CCOC(=O)/C(C#N)=C/c1cccc(OC(=O)COc2ccccc2Cl)c1. The van der Waals surface area contributed by atoms with E-state index in [9.17, 15) is 9.59 Å². The largest absolute Gasteiger partial charge is 0.480 e. The van der Waals surface area contributed by atoms with Crippen LogP contribution >= 0.6 is 11.6 Å². The molecule has 0 heterocycles. The standard InChI is InChI=1S/C20H16ClNO5/c1-2-25-20(24)15(12-22)10-14-6-5-7-16(11-14)27-19(23)13-26-18-9-4-3-8-17(18)21/h3-11H,2,13H2,1H3/b15-10+. The molecule has 0 N–H and O–H groups in total. The van der Waals surface area contributed by atoms with E-state index in [1.807, 2.05) is 0 Å². The number of ether oxygens (including phenoxy) is 3. The van der Waals surface area contributed by atoms with Gasteiger partial charge in [0.25, 0.3) is 0 Å². The minimum absolute atomic E-state index is 0.151. The van der Waals surface area contributed by atoms with E-state index in [4.69, 9.17) is 31.1 Å². The molecule has 0 radical (unpaired) electrons. The third-order valence-corrected chi connectivity index (χ3v) is 3.51. The molecule has 0 aliphatic carbocycles. The Morgan fingerprint density at radius 3 is 2.67 bits per heavy atom. The van der Waals surface area contributed by atoms with Crippen molar-refractivity contribution >= 4 is 29.6 Å². The molecule has 138 valence electrons. The maximum absolute atomic E-state index is 11.9. The number of hydrogen-bond donors (Lipinski definition) is 0. The number of rotatable bonds is 7. The van der Waals surface area contributed by atoms with Gasteiger partial charge in [-0.15, -0.1) is 0 Å². The summed E-state index contributed by atoms with van der Waals surface area (Å²) in [7, 11) is 0. The molecule has 27 heavy (non-hydrogen) atoms. The van der Waals surface area contributed by atoms with E-state index in [1.54, 1.807) is 55.5 Å². The lowest BCUT2D eigenvalue weighted by Crippen LogP contribution is -2.17. The van der Waals surface area contributed by atoms with Gasteiger partial charge in [-0.2, -0.15) is 5.26 Å². The number of carbonyl (C=O) groups excluding carboxylic acids is 2. The van der Waals surface area contributed by atoms with Crippen molar-refractivity contribution in [2.24, 2.45) is 0 Å². The Kier molecular flexibility index (Phi) is 7.41. The Morgan fingerprint density at radius 1 is 1.19 bits per heavy atom. The maximum Gasteiger partial charge on any atom is 0.349 e. The predicted molar refractivity (Wildman–Crippen MR) is 99.2 cm³/mol. The quantitative estimate of drug-likeness (QED) is 0.312. The fourth-order valence-corrected chi connectivity index (χ4v) is 2.23. The summed E-state index contributed by atoms with van der Waals surface area (Å²) in [4.78, 5) is 23.6. The van der Waals surface area contributed by atoms with Gasteiger partial charge in [0.1, 0.15) is 23.1 Å². The lowest BCUT2D eigenvalue weighted by molar-refractivity contribution is -0.138. The number of halogens is 1. The summed E-state index contributed by atoms with van der Waals surface area (Å²) in [6, 6.07) is 14.9. The second-order valence-electron chi connectivity index (χ2n) is 5.16. The molecular formula is C20H16ClNO5. The van der Waals surface area contributed by atoms with Crippen LogP contribution in [0.2, 0.25) is 5.02 Å². The van der Waals surface area contributed by atoms with Gasteiger partial charge in [0.2, 0.25) is 0 Å². The van der Waals surface area contributed by atoms with Crippen molar-refractivity contribution in [1.82, 2.24) is 0 Å². The normalized spacial score (nSPS) is 10.6. The summed E-state index contributed by atoms with van der Waals surface area (Å²) in [6.07, 6.45) is 1.36. The topological polar surface area (TPSA) is 85.6 Å². The molecule has 2 aromatic carbocycles. The van der Waals surface area contributed by atoms with Crippen LogP contribution in [-0.2, 0) is 14.3 Å². The van der Waals surface area contributed by atoms with Crippen LogP contribution < -0.4 is 9.47 Å². The van der Waals surface area contributed by atoms with E-state index < -0.39 is 11.9 Å². The van der Waals surface area contributed by atoms with Gasteiger partial charge in [0, 0.05) is 0 Å². The number of carbonyl (C=O) groups is 2. The number of nitrogens with zero attached hydrogens (tertiary/aromatic N) is 1. The minimum atomic E-state index is -0.712. The van der Waals surface area contributed by atoms with E-state index in [2.05, 4.69) is 0 Å². The zero-order chi connectivity index (χ0) is 19.6. The number of para-hydroxylation sites is 1. The first-order chi connectivity index (χ1) is 13.0. The maximum atomic E-state index is 11.9. The smallest absolute Gasteiger partial charge is 0.349 e. The third-order valence-electron chi connectivity index (χ3n) is 3.20. The zero-order valence-electron chi connectivity index (χ0n) is 14.5. The van der Waals surface area contributed by atoms with Gasteiger partial charge < -0.3 is 14.2 Å². The molecule has 2 rings (SSSR count). The molecule has 0 aliphatic rings. The van der Waals surface area contributed by atoms with Gasteiger partial charge in [0.05, 0.1) is 11.6 Å². The average molecular weight is 386 g/mol. The molecule has 6 nitrogen and oxygen atoms in total. The number of benzene rings is 2. The van der Waals surface area contributed by atoms with Crippen molar-refractivity contribution in [3.63, 3.8) is 0 Å². The van der Waals surface area contributed by atoms with E-state index in [1.165, 1.54) is 12.1 Å². The fraction of sp³-hybridized carbons (Fsp3) is 0.150. The van der Waals surface area contributed by atoms with E-state index >= 15 is 0 Å². The molecule has 0 atom stereocenters. The fourth-order valence-electron chi connectivity index (χ4n) is 2.04. The highest BCUT2D eigenvalue weighted by molar-refractivity contribution is 6.32. The Morgan fingerprint density at radius 2 is 1.96 bits per heavy atom. The second kappa shape index (κ2) is 10.00. The van der Waals surface area contributed by atoms with Gasteiger partial charge in [-0.3, -0.25) is 0 Å². The van der Waals surface area contributed by atoms with Gasteiger partial charge in [-0.05, 0) is 42.8 Å². The molecule has 0 bridgehead atoms. The molecule has 0 saturated heterocycles. The van der Waals surface area contributed by atoms with Gasteiger partial charge in [-0.25, -0.2) is 9.59 Å². The zero-order valence-corrected chi connectivity index (χ0v) is 15.2. The highest BCUT2D eigenvalue weighted by Crippen LogP contribution is 2.23. The molecule has 0 unspecified atom stereocenters. The lowest BCUT2D eigenvalue weighted by Gasteiger charge is -2.08. The van der Waals surface area contributed by atoms with Crippen molar-refractivity contribution in [1.29, 1.82) is 5.26 Å². The van der Waals surface area contributed by atoms with Crippen molar-refractivity contribution < 1.29 is 23.8 Å². The second-order valence-corrected chi connectivity index (χ2v) is 5.56. The van der Waals surface area contributed by atoms with Crippen molar-refractivity contribution in [3.05, 3.63) is 64.7 Å². The number of nitriles is 1. The van der Waals surface area contributed by atoms with Crippen molar-refractivity contribution in [2.45, 2.75) is 6.92 Å². The molecule has 0 fully saturated rings. The first-order valence-electron chi connectivity index (χ1n) is 8.00. The third kappa shape index (κ3) is 6.17. The van der Waals surface area contributed by atoms with E-state index in [-0.39, 0.29) is 24.5 Å². The van der Waals surface area contributed by atoms with E-state index in [0.29, 0.717) is 16.3 Å². The van der Waals surface area contributed by atoms with Crippen LogP contribution in [0.1, 0.15) is 12.5 Å². The van der Waals surface area contributed by atoms with Crippen LogP contribution in [0.25, 0.3) is 6.08 Å². The summed E-state index contributed by atoms with van der Waals surface area (Å²) in [5.41, 5.74) is 0.360. The Labute approximate surface area is 161 Å². The first-order valence-corrected chi connectivity index (χ1v) is 8.38. The first kappa shape index (κ1) is 20.0. The number of hydrogen-bond acceptors (Lipinski definition) is 6. The summed E-state index contributed by atoms with van der Waals surface area (Å²) < 4.78 is 15.3. The Balaban J connectivity index is 2.02. The van der Waals surface area contributed by atoms with Gasteiger partial charge in [-0.1, -0.05) is 35.9 Å². The molecule has 0 amide bonds. The molecule has 0 aliphatic heterocycles. The predicted octanol–water partition coefficient (Wildman–Crippen LogP) is 3.79. The number of esters is 2. The highest BCUT2D eigenvalue weighted by atomic mass is 35.5. The molecular weight excluding hydrogens is 370 g/mol. The summed E-state index contributed by atoms with van der Waals surface area (Å²) in [5, 5.41) is 9.46. The average Bonchev–Trinajstić information content (AvgIpc) is 2.66. The summed E-state index contributed by atoms with van der Waals surface area (Å²) in [5.74, 6) is -0.712.